The van der Waals surface area contributed by atoms with Crippen molar-refractivity contribution in [1.82, 2.24) is 4.90 Å². The molecule has 0 radical (unpaired) electrons. The largest absolute Gasteiger partial charge is 0.274 e. The standard InChI is InChI=1S/C16H23NO2/c1-3-8-13(4-2)17-14(18)11-16(12-15(17)19)9-6-5-7-10-16/h2,13H,3,5-12H2,1H3. The van der Waals surface area contributed by atoms with Crippen molar-refractivity contribution in [2.24, 2.45) is 5.41 Å². The van der Waals surface area contributed by atoms with Gasteiger partial charge < -0.3 is 0 Å². The topological polar surface area (TPSA) is 37.4 Å². The van der Waals surface area contributed by atoms with Crippen LogP contribution in [0.15, 0.2) is 0 Å². The first-order valence-electron chi connectivity index (χ1n) is 7.43. The highest BCUT2D eigenvalue weighted by molar-refractivity contribution is 5.99. The number of rotatable bonds is 3. The van der Waals surface area contributed by atoms with Crippen LogP contribution in [-0.4, -0.2) is 22.8 Å². The maximum absolute atomic E-state index is 12.4. The number of hydrogen-bond donors (Lipinski definition) is 0. The molecule has 3 nitrogen and oxygen atoms in total. The number of nitrogens with zero attached hydrogens (tertiary/aromatic N) is 1. The van der Waals surface area contributed by atoms with Gasteiger partial charge in [-0.05, 0) is 24.7 Å². The van der Waals surface area contributed by atoms with Crippen LogP contribution in [0.1, 0.15) is 64.7 Å². The van der Waals surface area contributed by atoms with E-state index in [1.165, 1.54) is 11.3 Å². The molecular weight excluding hydrogens is 238 g/mol. The molecule has 1 spiro atoms. The fourth-order valence-corrected chi connectivity index (χ4v) is 3.58. The van der Waals surface area contributed by atoms with Gasteiger partial charge in [-0.1, -0.05) is 38.5 Å². The monoisotopic (exact) mass is 261 g/mol. The molecule has 0 aromatic rings. The summed E-state index contributed by atoms with van der Waals surface area (Å²) in [6, 6.07) is -0.342. The zero-order chi connectivity index (χ0) is 13.9. The predicted octanol–water partition coefficient (Wildman–Crippen LogP) is 2.89. The van der Waals surface area contributed by atoms with Crippen molar-refractivity contribution in [2.75, 3.05) is 0 Å². The highest BCUT2D eigenvalue weighted by Crippen LogP contribution is 2.45. The van der Waals surface area contributed by atoms with Crippen LogP contribution in [0, 0.1) is 17.8 Å². The van der Waals surface area contributed by atoms with Gasteiger partial charge in [0, 0.05) is 12.8 Å². The van der Waals surface area contributed by atoms with Crippen molar-refractivity contribution < 1.29 is 9.59 Å². The van der Waals surface area contributed by atoms with Gasteiger partial charge in [-0.3, -0.25) is 14.5 Å². The highest BCUT2D eigenvalue weighted by atomic mass is 16.2. The van der Waals surface area contributed by atoms with Gasteiger partial charge in [0.05, 0.1) is 0 Å². The van der Waals surface area contributed by atoms with Crippen molar-refractivity contribution >= 4 is 11.8 Å². The summed E-state index contributed by atoms with van der Waals surface area (Å²) in [6.45, 7) is 2.02. The Morgan fingerprint density at radius 1 is 1.21 bits per heavy atom. The second-order valence-corrected chi connectivity index (χ2v) is 6.04. The summed E-state index contributed by atoms with van der Waals surface area (Å²) >= 11 is 0. The Kier molecular flexibility index (Phi) is 4.29. The van der Waals surface area contributed by atoms with Crippen molar-refractivity contribution in [3.05, 3.63) is 0 Å². The molecule has 1 heterocycles. The Morgan fingerprint density at radius 2 is 1.79 bits per heavy atom. The number of carbonyl (C=O) groups is 2. The lowest BCUT2D eigenvalue weighted by molar-refractivity contribution is -0.156. The van der Waals surface area contributed by atoms with E-state index in [1.807, 2.05) is 6.92 Å². The Labute approximate surface area is 115 Å². The molecule has 104 valence electrons. The van der Waals surface area contributed by atoms with Crippen molar-refractivity contribution in [3.63, 3.8) is 0 Å². The van der Waals surface area contributed by atoms with Crippen LogP contribution in [0.4, 0.5) is 0 Å². The van der Waals surface area contributed by atoms with Gasteiger partial charge in [-0.2, -0.15) is 0 Å². The summed E-state index contributed by atoms with van der Waals surface area (Å²) in [4.78, 5) is 26.1. The molecule has 2 rings (SSSR count). The quantitative estimate of drug-likeness (QED) is 0.578. The number of piperidine rings is 1. The smallest absolute Gasteiger partial charge is 0.230 e. The van der Waals surface area contributed by atoms with Gasteiger partial charge in [-0.25, -0.2) is 0 Å². The molecule has 1 saturated carbocycles. The summed E-state index contributed by atoms with van der Waals surface area (Å²) in [5.74, 6) is 2.52. The first-order chi connectivity index (χ1) is 9.12. The molecule has 1 atom stereocenters. The first-order valence-corrected chi connectivity index (χ1v) is 7.43. The maximum Gasteiger partial charge on any atom is 0.230 e. The molecule has 0 aromatic heterocycles. The average Bonchev–Trinajstić information content (AvgIpc) is 2.37. The molecule has 1 saturated heterocycles. The van der Waals surface area contributed by atoms with Gasteiger partial charge in [0.2, 0.25) is 11.8 Å². The molecule has 19 heavy (non-hydrogen) atoms. The van der Waals surface area contributed by atoms with Crippen LogP contribution in [-0.2, 0) is 9.59 Å². The van der Waals surface area contributed by atoms with Crippen molar-refractivity contribution in [3.8, 4) is 12.3 Å². The van der Waals surface area contributed by atoms with E-state index in [2.05, 4.69) is 5.92 Å². The van der Waals surface area contributed by atoms with Crippen molar-refractivity contribution in [2.45, 2.75) is 70.8 Å². The van der Waals surface area contributed by atoms with Crippen LogP contribution in [0.3, 0.4) is 0 Å². The van der Waals surface area contributed by atoms with Crippen LogP contribution in [0.2, 0.25) is 0 Å². The minimum atomic E-state index is -0.342. The fraction of sp³-hybridized carbons (Fsp3) is 0.750. The lowest BCUT2D eigenvalue weighted by atomic mass is 9.67. The van der Waals surface area contributed by atoms with Gasteiger partial charge in [0.1, 0.15) is 6.04 Å². The number of carbonyl (C=O) groups excluding carboxylic acids is 2. The zero-order valence-corrected chi connectivity index (χ0v) is 11.8. The third-order valence-corrected chi connectivity index (χ3v) is 4.57. The molecule has 0 N–H and O–H groups in total. The molecule has 0 bridgehead atoms. The third-order valence-electron chi connectivity index (χ3n) is 4.57. The molecule has 0 aromatic carbocycles. The van der Waals surface area contributed by atoms with E-state index >= 15 is 0 Å². The van der Waals surface area contributed by atoms with Gasteiger partial charge in [0.25, 0.3) is 0 Å². The summed E-state index contributed by atoms with van der Waals surface area (Å²) in [5.41, 5.74) is -0.0473. The Morgan fingerprint density at radius 3 is 2.26 bits per heavy atom. The van der Waals surface area contributed by atoms with E-state index in [-0.39, 0.29) is 23.3 Å². The number of amides is 2. The Bertz CT molecular complexity index is 381. The summed E-state index contributed by atoms with van der Waals surface area (Å²) in [7, 11) is 0. The Balaban J connectivity index is 2.13. The van der Waals surface area contributed by atoms with Crippen LogP contribution < -0.4 is 0 Å². The second-order valence-electron chi connectivity index (χ2n) is 6.04. The summed E-state index contributed by atoms with van der Waals surface area (Å²) < 4.78 is 0. The van der Waals surface area contributed by atoms with Gasteiger partial charge in [0.15, 0.2) is 0 Å². The minimum Gasteiger partial charge on any atom is -0.274 e. The van der Waals surface area contributed by atoms with Crippen LogP contribution in [0.5, 0.6) is 0 Å². The molecule has 2 fully saturated rings. The molecule has 1 aliphatic carbocycles. The SMILES string of the molecule is C#CC(CCC)N1C(=O)CC2(CCCCC2)CC1=O. The van der Waals surface area contributed by atoms with E-state index in [0.717, 1.165) is 32.1 Å². The Hall–Kier alpha value is -1.30. The lowest BCUT2D eigenvalue weighted by Gasteiger charge is -2.43. The lowest BCUT2D eigenvalue weighted by Crippen LogP contribution is -2.52. The molecule has 3 heteroatoms. The number of hydrogen-bond acceptors (Lipinski definition) is 2. The zero-order valence-electron chi connectivity index (χ0n) is 11.8. The van der Waals surface area contributed by atoms with Crippen LogP contribution >= 0.6 is 0 Å². The predicted molar refractivity (Wildman–Crippen MR) is 74.1 cm³/mol. The van der Waals surface area contributed by atoms with E-state index in [9.17, 15) is 9.59 Å². The average molecular weight is 261 g/mol. The number of imide groups is 1. The highest BCUT2D eigenvalue weighted by Gasteiger charge is 2.45. The fourth-order valence-electron chi connectivity index (χ4n) is 3.58. The molecular formula is C16H23NO2. The normalized spacial score (nSPS) is 24.3. The second kappa shape index (κ2) is 5.77. The summed E-state index contributed by atoms with van der Waals surface area (Å²) in [6.07, 6.45) is 13.7. The van der Waals surface area contributed by atoms with E-state index in [0.29, 0.717) is 19.3 Å². The molecule has 2 aliphatic rings. The van der Waals surface area contributed by atoms with Crippen LogP contribution in [0.25, 0.3) is 0 Å². The number of terminal acetylenes is 1. The summed E-state index contributed by atoms with van der Waals surface area (Å²) in [5, 5.41) is 0. The van der Waals surface area contributed by atoms with Crippen molar-refractivity contribution in [1.29, 1.82) is 0 Å². The maximum atomic E-state index is 12.4. The molecule has 2 amide bonds. The van der Waals surface area contributed by atoms with Gasteiger partial charge in [-0.15, -0.1) is 6.42 Å². The van der Waals surface area contributed by atoms with Gasteiger partial charge >= 0.3 is 0 Å². The first kappa shape index (κ1) is 14.1. The van der Waals surface area contributed by atoms with E-state index in [1.54, 1.807) is 0 Å². The molecule has 1 unspecified atom stereocenters. The molecule has 1 aliphatic heterocycles. The van der Waals surface area contributed by atoms with E-state index in [4.69, 9.17) is 6.42 Å². The minimum absolute atomic E-state index is 0.0467. The number of likely N-dealkylation sites (tertiary alicyclic amines) is 1. The van der Waals surface area contributed by atoms with E-state index < -0.39 is 0 Å². The third kappa shape index (κ3) is 2.83.